The molecule has 28 heavy (non-hydrogen) atoms. The number of benzene rings is 1. The van der Waals surface area contributed by atoms with Gasteiger partial charge >= 0.3 is 6.09 Å². The third-order valence-electron chi connectivity index (χ3n) is 4.21. The molecule has 0 saturated carbocycles. The summed E-state index contributed by atoms with van der Waals surface area (Å²) in [5.74, 6) is -1.83. The molecule has 152 valence electrons. The Hall–Kier alpha value is -2.65. The zero-order chi connectivity index (χ0) is 20.5. The van der Waals surface area contributed by atoms with Crippen LogP contribution in [0.15, 0.2) is 24.3 Å². The average molecular weight is 412 g/mol. The van der Waals surface area contributed by atoms with Gasteiger partial charge in [0.05, 0.1) is 6.04 Å². The van der Waals surface area contributed by atoms with Crippen molar-refractivity contribution in [2.45, 2.75) is 25.5 Å². The number of ketones is 1. The van der Waals surface area contributed by atoms with Crippen LogP contribution in [0.5, 0.6) is 0 Å². The van der Waals surface area contributed by atoms with E-state index in [1.165, 1.54) is 0 Å². The molecule has 0 radical (unpaired) electrons. The second-order valence-corrected chi connectivity index (χ2v) is 6.75. The molecule has 1 heterocycles. The summed E-state index contributed by atoms with van der Waals surface area (Å²) in [5, 5.41) is 16.9. The van der Waals surface area contributed by atoms with Crippen molar-refractivity contribution in [2.75, 3.05) is 19.7 Å². The van der Waals surface area contributed by atoms with Gasteiger partial charge in [0.2, 0.25) is 11.8 Å². The molecule has 1 fully saturated rings. The summed E-state index contributed by atoms with van der Waals surface area (Å²) in [4.78, 5) is 47.2. The normalized spacial score (nSPS) is 16.8. The first kappa shape index (κ1) is 21.6. The van der Waals surface area contributed by atoms with Crippen LogP contribution in [0.1, 0.15) is 18.4 Å². The summed E-state index contributed by atoms with van der Waals surface area (Å²) in [7, 11) is 0. The number of alkyl carbamates (subject to hydrolysis) is 1. The van der Waals surface area contributed by atoms with E-state index in [1.54, 1.807) is 24.3 Å². The number of hydrogen-bond donors (Lipinski definition) is 4. The third-order valence-corrected chi connectivity index (χ3v) is 4.45. The Bertz CT molecular complexity index is 742. The summed E-state index contributed by atoms with van der Waals surface area (Å²) in [6.45, 7) is -0.678. The number of ether oxygens (including phenoxy) is 1. The highest BCUT2D eigenvalue weighted by molar-refractivity contribution is 6.30. The molecule has 1 aromatic carbocycles. The van der Waals surface area contributed by atoms with E-state index in [4.69, 9.17) is 21.4 Å². The number of aliphatic hydroxyl groups is 1. The summed E-state index contributed by atoms with van der Waals surface area (Å²) >= 11 is 5.84. The minimum Gasteiger partial charge on any atom is -0.445 e. The van der Waals surface area contributed by atoms with Gasteiger partial charge in [0.25, 0.3) is 0 Å². The second kappa shape index (κ2) is 10.6. The van der Waals surface area contributed by atoms with Gasteiger partial charge < -0.3 is 25.8 Å². The van der Waals surface area contributed by atoms with Crippen LogP contribution < -0.4 is 16.0 Å². The van der Waals surface area contributed by atoms with E-state index < -0.39 is 42.9 Å². The lowest BCUT2D eigenvalue weighted by atomic mass is 9.96. The topological polar surface area (TPSA) is 134 Å². The molecule has 0 aliphatic carbocycles. The molecule has 2 atom stereocenters. The highest BCUT2D eigenvalue weighted by atomic mass is 35.5. The molecule has 2 rings (SSSR count). The largest absolute Gasteiger partial charge is 0.445 e. The number of rotatable bonds is 9. The number of aliphatic hydroxyl groups excluding tert-OH is 1. The molecule has 4 N–H and O–H groups in total. The maximum absolute atomic E-state index is 12.0. The van der Waals surface area contributed by atoms with Crippen LogP contribution in [-0.2, 0) is 25.7 Å². The van der Waals surface area contributed by atoms with Crippen molar-refractivity contribution >= 4 is 35.3 Å². The van der Waals surface area contributed by atoms with Crippen LogP contribution in [0.2, 0.25) is 5.02 Å². The number of nitrogens with one attached hydrogen (secondary N) is 3. The van der Waals surface area contributed by atoms with Gasteiger partial charge in [0.15, 0.2) is 5.78 Å². The molecule has 1 saturated heterocycles. The van der Waals surface area contributed by atoms with Gasteiger partial charge in [0.1, 0.15) is 19.8 Å². The molecule has 0 bridgehead atoms. The molecular weight excluding hydrogens is 390 g/mol. The maximum atomic E-state index is 12.0. The fourth-order valence-electron chi connectivity index (χ4n) is 2.76. The fraction of sp³-hybridized carbons (Fsp3) is 0.444. The average Bonchev–Trinajstić information content (AvgIpc) is 3.08. The monoisotopic (exact) mass is 411 g/mol. The van der Waals surface area contributed by atoms with E-state index >= 15 is 0 Å². The van der Waals surface area contributed by atoms with E-state index in [1.807, 2.05) is 0 Å². The van der Waals surface area contributed by atoms with Gasteiger partial charge in [-0.3, -0.25) is 14.4 Å². The van der Waals surface area contributed by atoms with Crippen LogP contribution in [0, 0.1) is 5.92 Å². The Balaban J connectivity index is 1.77. The minimum atomic E-state index is -1.00. The fourth-order valence-corrected chi connectivity index (χ4v) is 2.97. The molecule has 0 aromatic heterocycles. The van der Waals surface area contributed by atoms with E-state index in [-0.39, 0.29) is 18.9 Å². The lowest BCUT2D eigenvalue weighted by Gasteiger charge is -2.19. The first-order valence-corrected chi connectivity index (χ1v) is 9.12. The van der Waals surface area contributed by atoms with Crippen molar-refractivity contribution in [1.29, 1.82) is 0 Å². The molecule has 10 heteroatoms. The van der Waals surface area contributed by atoms with E-state index in [0.717, 1.165) is 0 Å². The van der Waals surface area contributed by atoms with Crippen molar-refractivity contribution in [3.8, 4) is 0 Å². The van der Waals surface area contributed by atoms with Crippen molar-refractivity contribution in [1.82, 2.24) is 16.0 Å². The zero-order valence-corrected chi connectivity index (χ0v) is 15.8. The summed E-state index contributed by atoms with van der Waals surface area (Å²) in [5.41, 5.74) is 0.690. The Morgan fingerprint density at radius 2 is 2.14 bits per heavy atom. The minimum absolute atomic E-state index is 0.0174. The first-order valence-electron chi connectivity index (χ1n) is 8.74. The SMILES string of the molecule is O=C(CNC(=O)OCc1cccc(Cl)c1)NC(CC1CCNC1=O)C(=O)CO. The Morgan fingerprint density at radius 3 is 2.79 bits per heavy atom. The lowest BCUT2D eigenvalue weighted by molar-refractivity contribution is -0.130. The van der Waals surface area contributed by atoms with Crippen molar-refractivity contribution in [3.63, 3.8) is 0 Å². The van der Waals surface area contributed by atoms with Crippen molar-refractivity contribution in [3.05, 3.63) is 34.9 Å². The molecule has 1 aromatic rings. The quantitative estimate of drug-likeness (QED) is 0.456. The lowest BCUT2D eigenvalue weighted by Crippen LogP contribution is -2.47. The third kappa shape index (κ3) is 6.82. The highest BCUT2D eigenvalue weighted by Gasteiger charge is 2.30. The zero-order valence-electron chi connectivity index (χ0n) is 15.1. The van der Waals surface area contributed by atoms with Gasteiger partial charge in [-0.1, -0.05) is 23.7 Å². The maximum Gasteiger partial charge on any atom is 0.407 e. The van der Waals surface area contributed by atoms with E-state index in [9.17, 15) is 19.2 Å². The molecular formula is C18H22ClN3O6. The molecule has 1 aliphatic heterocycles. The van der Waals surface area contributed by atoms with Gasteiger partial charge in [-0.15, -0.1) is 0 Å². The van der Waals surface area contributed by atoms with Crippen LogP contribution in [-0.4, -0.2) is 54.5 Å². The van der Waals surface area contributed by atoms with Gasteiger partial charge in [0, 0.05) is 17.5 Å². The van der Waals surface area contributed by atoms with Crippen LogP contribution in [0.25, 0.3) is 0 Å². The second-order valence-electron chi connectivity index (χ2n) is 6.32. The number of amides is 3. The number of halogens is 1. The van der Waals surface area contributed by atoms with Crippen LogP contribution >= 0.6 is 11.6 Å². The molecule has 0 spiro atoms. The number of hydrogen-bond acceptors (Lipinski definition) is 6. The molecule has 3 amide bonds. The predicted molar refractivity (Wildman–Crippen MR) is 99.4 cm³/mol. The van der Waals surface area contributed by atoms with Gasteiger partial charge in [-0.25, -0.2) is 4.79 Å². The smallest absolute Gasteiger partial charge is 0.407 e. The number of carbonyl (C=O) groups excluding carboxylic acids is 4. The summed E-state index contributed by atoms with van der Waals surface area (Å²) in [6, 6.07) is 5.78. The predicted octanol–water partition coefficient (Wildman–Crippen LogP) is 0.139. The van der Waals surface area contributed by atoms with Gasteiger partial charge in [-0.2, -0.15) is 0 Å². The van der Waals surface area contributed by atoms with Crippen molar-refractivity contribution < 1.29 is 29.0 Å². The molecule has 9 nitrogen and oxygen atoms in total. The van der Waals surface area contributed by atoms with E-state index in [2.05, 4.69) is 16.0 Å². The summed E-state index contributed by atoms with van der Waals surface area (Å²) < 4.78 is 4.98. The Kier molecular flexibility index (Phi) is 8.21. The Labute approximate surface area is 166 Å². The van der Waals surface area contributed by atoms with Crippen LogP contribution in [0.4, 0.5) is 4.79 Å². The Morgan fingerprint density at radius 1 is 1.36 bits per heavy atom. The van der Waals surface area contributed by atoms with E-state index in [0.29, 0.717) is 23.6 Å². The van der Waals surface area contributed by atoms with Crippen LogP contribution in [0.3, 0.4) is 0 Å². The van der Waals surface area contributed by atoms with Crippen molar-refractivity contribution in [2.24, 2.45) is 5.92 Å². The number of Topliss-reactive ketones (excluding diaryl/α,β-unsaturated/α-hetero) is 1. The standard InChI is InChI=1S/C18H22ClN3O6/c19-13-3-1-2-11(6-13)10-28-18(27)21-8-16(25)22-14(15(24)9-23)7-12-4-5-20-17(12)26/h1-3,6,12,14,23H,4-5,7-10H2,(H,20,26)(H,21,27)(H,22,25). The van der Waals surface area contributed by atoms with Gasteiger partial charge in [-0.05, 0) is 30.5 Å². The molecule has 1 aliphatic rings. The summed E-state index contributed by atoms with van der Waals surface area (Å²) in [6.07, 6.45) is -0.163. The number of carbonyl (C=O) groups is 4. The molecule has 2 unspecified atom stereocenters. The first-order chi connectivity index (χ1) is 13.4. The highest BCUT2D eigenvalue weighted by Crippen LogP contribution is 2.16.